The van der Waals surface area contributed by atoms with Gasteiger partial charge in [0.1, 0.15) is 5.82 Å². The standard InChI is InChI=1S/C11H8F12O2.C8H7F/c1-4(2)5(24)25-6(13)8(16,17)10(20,21)11(22,23)9(18,19)7(14,15)3-12;1-2-7-5-3-4-6-8(7)9/h6H,1,3H2,2H3;2-6H,1H2. The van der Waals surface area contributed by atoms with E-state index in [1.165, 1.54) is 12.1 Å². The van der Waals surface area contributed by atoms with Gasteiger partial charge in [-0.1, -0.05) is 37.4 Å². The Morgan fingerprint density at radius 2 is 1.44 bits per heavy atom. The molecule has 1 atom stereocenters. The molecule has 0 aliphatic rings. The van der Waals surface area contributed by atoms with Crippen LogP contribution in [-0.2, 0) is 9.53 Å². The fourth-order valence-corrected chi connectivity index (χ4v) is 1.77. The highest BCUT2D eigenvalue weighted by Crippen LogP contribution is 2.58. The highest BCUT2D eigenvalue weighted by molar-refractivity contribution is 5.87. The normalized spacial score (nSPS) is 13.9. The van der Waals surface area contributed by atoms with Crippen molar-refractivity contribution < 1.29 is 66.6 Å². The number of halogens is 13. The molecule has 0 saturated heterocycles. The number of alkyl halides is 12. The van der Waals surface area contributed by atoms with Crippen molar-refractivity contribution in [3.05, 3.63) is 54.4 Å². The number of esters is 1. The number of hydrogen-bond acceptors (Lipinski definition) is 2. The molecule has 0 radical (unpaired) electrons. The topological polar surface area (TPSA) is 26.3 Å². The Balaban J connectivity index is 0.000000999. The van der Waals surface area contributed by atoms with Crippen LogP contribution in [0.25, 0.3) is 6.08 Å². The van der Waals surface area contributed by atoms with Crippen LogP contribution < -0.4 is 0 Å². The van der Waals surface area contributed by atoms with E-state index in [4.69, 9.17) is 0 Å². The maximum absolute atomic E-state index is 13.2. The molecular weight excluding hydrogens is 507 g/mol. The first-order valence-corrected chi connectivity index (χ1v) is 8.48. The smallest absolute Gasteiger partial charge is 0.385 e. The maximum atomic E-state index is 13.2. The average molecular weight is 522 g/mol. The van der Waals surface area contributed by atoms with Crippen LogP contribution in [0, 0.1) is 5.82 Å². The molecule has 0 N–H and O–H groups in total. The van der Waals surface area contributed by atoms with Crippen LogP contribution in [0.1, 0.15) is 12.5 Å². The highest BCUT2D eigenvalue weighted by Gasteiger charge is 2.88. The predicted molar refractivity (Wildman–Crippen MR) is 93.0 cm³/mol. The first kappa shape index (κ1) is 31.3. The molecule has 1 aromatic rings. The number of ether oxygens (including phenoxy) is 1. The Labute approximate surface area is 183 Å². The number of benzene rings is 1. The van der Waals surface area contributed by atoms with Gasteiger partial charge in [-0.3, -0.25) is 0 Å². The molecule has 0 aromatic heterocycles. The molecule has 0 fully saturated rings. The van der Waals surface area contributed by atoms with Gasteiger partial charge in [-0.15, -0.1) is 0 Å². The van der Waals surface area contributed by atoms with Crippen molar-refractivity contribution in [1.29, 1.82) is 0 Å². The average Bonchev–Trinajstić information content (AvgIpc) is 2.73. The van der Waals surface area contributed by atoms with Gasteiger partial charge in [0.2, 0.25) is 0 Å². The molecule has 0 heterocycles. The number of hydrogen-bond donors (Lipinski definition) is 0. The molecule has 34 heavy (non-hydrogen) atoms. The summed E-state index contributed by atoms with van der Waals surface area (Å²) >= 11 is 0. The van der Waals surface area contributed by atoms with Gasteiger partial charge in [-0.2, -0.15) is 48.3 Å². The van der Waals surface area contributed by atoms with E-state index in [1.807, 2.05) is 0 Å². The van der Waals surface area contributed by atoms with Crippen LogP contribution in [0.2, 0.25) is 0 Å². The van der Waals surface area contributed by atoms with Crippen molar-refractivity contribution in [2.45, 2.75) is 42.9 Å². The third-order valence-electron chi connectivity index (χ3n) is 3.80. The van der Waals surface area contributed by atoms with Crippen LogP contribution in [0.5, 0.6) is 0 Å². The number of rotatable bonds is 9. The van der Waals surface area contributed by atoms with Crippen molar-refractivity contribution in [3.8, 4) is 0 Å². The zero-order valence-electron chi connectivity index (χ0n) is 16.8. The maximum Gasteiger partial charge on any atom is 0.385 e. The third-order valence-corrected chi connectivity index (χ3v) is 3.80. The summed E-state index contributed by atoms with van der Waals surface area (Å²) in [7, 11) is 0. The molecule has 1 aromatic carbocycles. The molecule has 2 nitrogen and oxygen atoms in total. The van der Waals surface area contributed by atoms with E-state index in [1.54, 1.807) is 18.2 Å². The molecule has 0 aliphatic carbocycles. The second-order valence-electron chi connectivity index (χ2n) is 6.41. The predicted octanol–water partition coefficient (Wildman–Crippen LogP) is 7.02. The molecule has 15 heteroatoms. The van der Waals surface area contributed by atoms with E-state index in [0.29, 0.717) is 12.5 Å². The fraction of sp³-hybridized carbons (Fsp3) is 0.421. The van der Waals surface area contributed by atoms with Crippen LogP contribution >= 0.6 is 0 Å². The fourth-order valence-electron chi connectivity index (χ4n) is 1.77. The molecule has 1 unspecified atom stereocenters. The summed E-state index contributed by atoms with van der Waals surface area (Å²) in [4.78, 5) is 10.7. The second kappa shape index (κ2) is 10.7. The Morgan fingerprint density at radius 3 is 1.79 bits per heavy atom. The monoisotopic (exact) mass is 522 g/mol. The first-order chi connectivity index (χ1) is 15.2. The van der Waals surface area contributed by atoms with Crippen molar-refractivity contribution in [3.63, 3.8) is 0 Å². The minimum Gasteiger partial charge on any atom is -0.421 e. The summed E-state index contributed by atoms with van der Waals surface area (Å²) in [6, 6.07) is 6.53. The lowest BCUT2D eigenvalue weighted by molar-refractivity contribution is -0.417. The van der Waals surface area contributed by atoms with Gasteiger partial charge in [0.15, 0.2) is 6.67 Å². The summed E-state index contributed by atoms with van der Waals surface area (Å²) < 4.78 is 170. The molecule has 194 valence electrons. The summed E-state index contributed by atoms with van der Waals surface area (Å²) in [5, 5.41) is 0. The third kappa shape index (κ3) is 5.84. The Morgan fingerprint density at radius 1 is 0.971 bits per heavy atom. The zero-order chi connectivity index (χ0) is 27.3. The minimum atomic E-state index is -7.64. The SMILES string of the molecule is C=C(C)C(=O)OC(F)C(F)(F)C(F)(F)C(F)(F)C(F)(F)C(F)(F)CF.C=Cc1ccccc1F. The molecule has 0 bridgehead atoms. The quantitative estimate of drug-likeness (QED) is 0.198. The van der Waals surface area contributed by atoms with Gasteiger partial charge in [-0.25, -0.2) is 13.6 Å². The van der Waals surface area contributed by atoms with Crippen molar-refractivity contribution in [2.75, 3.05) is 6.67 Å². The lowest BCUT2D eigenvalue weighted by atomic mass is 9.94. The lowest BCUT2D eigenvalue weighted by Gasteiger charge is -2.39. The highest BCUT2D eigenvalue weighted by atomic mass is 19.4. The summed E-state index contributed by atoms with van der Waals surface area (Å²) in [6.45, 7) is 3.23. The van der Waals surface area contributed by atoms with Crippen molar-refractivity contribution in [2.24, 2.45) is 0 Å². The van der Waals surface area contributed by atoms with Crippen molar-refractivity contribution in [1.82, 2.24) is 0 Å². The van der Waals surface area contributed by atoms with Crippen LogP contribution in [0.4, 0.5) is 57.1 Å². The largest absolute Gasteiger partial charge is 0.421 e. The van der Waals surface area contributed by atoms with Gasteiger partial charge in [0, 0.05) is 11.1 Å². The molecule has 0 saturated carbocycles. The van der Waals surface area contributed by atoms with Crippen LogP contribution in [-0.4, -0.2) is 48.6 Å². The summed E-state index contributed by atoms with van der Waals surface area (Å²) in [5.41, 5.74) is -0.319. The molecule has 0 amide bonds. The van der Waals surface area contributed by atoms with E-state index in [-0.39, 0.29) is 5.82 Å². The van der Waals surface area contributed by atoms with Gasteiger partial charge >= 0.3 is 41.9 Å². The van der Waals surface area contributed by atoms with E-state index < -0.39 is 54.2 Å². The van der Waals surface area contributed by atoms with E-state index in [2.05, 4.69) is 17.9 Å². The van der Waals surface area contributed by atoms with E-state index >= 15 is 0 Å². The van der Waals surface area contributed by atoms with E-state index in [0.717, 1.165) is 0 Å². The molecular formula is C19H15F13O2. The van der Waals surface area contributed by atoms with Gasteiger partial charge in [0.25, 0.3) is 0 Å². The number of carbonyl (C=O) groups is 1. The first-order valence-electron chi connectivity index (χ1n) is 8.48. The van der Waals surface area contributed by atoms with Crippen molar-refractivity contribution >= 4 is 12.0 Å². The minimum absolute atomic E-state index is 0.215. The van der Waals surface area contributed by atoms with Gasteiger partial charge < -0.3 is 4.74 Å². The zero-order valence-corrected chi connectivity index (χ0v) is 16.8. The van der Waals surface area contributed by atoms with Gasteiger partial charge in [-0.05, 0) is 13.0 Å². The van der Waals surface area contributed by atoms with Crippen LogP contribution in [0.15, 0.2) is 43.0 Å². The molecule has 0 spiro atoms. The molecule has 1 rings (SSSR count). The second-order valence-corrected chi connectivity index (χ2v) is 6.41. The Hall–Kier alpha value is -2.74. The molecule has 0 aliphatic heterocycles. The Bertz CT molecular complexity index is 881. The summed E-state index contributed by atoms with van der Waals surface area (Å²) in [6.07, 6.45) is -3.44. The number of carbonyl (C=O) groups excluding carboxylic acids is 1. The summed E-state index contributed by atoms with van der Waals surface area (Å²) in [5.74, 6) is -38.2. The van der Waals surface area contributed by atoms with E-state index in [9.17, 15) is 61.9 Å². The Kier molecular flexibility index (Phi) is 9.82. The lowest BCUT2D eigenvalue weighted by Crippen LogP contribution is -2.69. The van der Waals surface area contributed by atoms with Gasteiger partial charge in [0.05, 0.1) is 0 Å². The van der Waals surface area contributed by atoms with Crippen LogP contribution in [0.3, 0.4) is 0 Å².